The molecule has 0 saturated carbocycles. The number of hydrogen-bond donors (Lipinski definition) is 0. The fourth-order valence-corrected chi connectivity index (χ4v) is 4.18. The van der Waals surface area contributed by atoms with Crippen molar-refractivity contribution < 1.29 is 19.1 Å². The molecule has 1 spiro atoms. The van der Waals surface area contributed by atoms with E-state index in [2.05, 4.69) is 0 Å². The van der Waals surface area contributed by atoms with Crippen LogP contribution < -0.4 is 9.64 Å². The quantitative estimate of drug-likeness (QED) is 0.800. The topological polar surface area (TPSA) is 59.1 Å². The zero-order chi connectivity index (χ0) is 20.3. The smallest absolute Gasteiger partial charge is 0.253 e. The highest BCUT2D eigenvalue weighted by atomic mass is 16.5. The minimum absolute atomic E-state index is 0.0401. The van der Waals surface area contributed by atoms with Gasteiger partial charge in [-0.05, 0) is 42.7 Å². The third-order valence-corrected chi connectivity index (χ3v) is 5.70. The lowest BCUT2D eigenvalue weighted by atomic mass is 9.90. The second-order valence-corrected chi connectivity index (χ2v) is 7.73. The second-order valence-electron chi connectivity index (χ2n) is 7.73. The maximum atomic E-state index is 13.0. The highest BCUT2D eigenvalue weighted by Gasteiger charge is 2.44. The zero-order valence-electron chi connectivity index (χ0n) is 16.7. The highest BCUT2D eigenvalue weighted by Crippen LogP contribution is 2.32. The van der Waals surface area contributed by atoms with E-state index < -0.39 is 5.60 Å². The number of anilines is 1. The van der Waals surface area contributed by atoms with Gasteiger partial charge in [-0.1, -0.05) is 30.3 Å². The average Bonchev–Trinajstić information content (AvgIpc) is 2.76. The number of piperidine rings is 1. The van der Waals surface area contributed by atoms with E-state index in [1.807, 2.05) is 59.5 Å². The van der Waals surface area contributed by atoms with Crippen molar-refractivity contribution in [3.63, 3.8) is 0 Å². The van der Waals surface area contributed by atoms with Crippen molar-refractivity contribution in [1.29, 1.82) is 0 Å². The Kier molecular flexibility index (Phi) is 5.53. The van der Waals surface area contributed by atoms with Crippen molar-refractivity contribution in [1.82, 2.24) is 4.90 Å². The van der Waals surface area contributed by atoms with Crippen LogP contribution in [0.1, 0.15) is 18.4 Å². The fraction of sp³-hybridized carbons (Fsp3) is 0.391. The van der Waals surface area contributed by atoms with Gasteiger partial charge in [-0.15, -0.1) is 0 Å². The number of carbonyl (C=O) groups is 2. The molecule has 2 aliphatic rings. The molecule has 2 saturated heterocycles. The van der Waals surface area contributed by atoms with Crippen molar-refractivity contribution >= 4 is 17.5 Å². The first kappa shape index (κ1) is 19.5. The van der Waals surface area contributed by atoms with Crippen LogP contribution in [0.2, 0.25) is 0 Å². The maximum absolute atomic E-state index is 13.0. The Labute approximate surface area is 171 Å². The number of para-hydroxylation sites is 1. The summed E-state index contributed by atoms with van der Waals surface area (Å²) in [5.41, 5.74) is 1.30. The summed E-state index contributed by atoms with van der Waals surface area (Å²) in [5, 5.41) is 0. The lowest BCUT2D eigenvalue weighted by molar-refractivity contribution is -0.153. The van der Waals surface area contributed by atoms with Gasteiger partial charge in [0.05, 0.1) is 26.6 Å². The normalized spacial score (nSPS) is 22.0. The molecule has 0 bridgehead atoms. The van der Waals surface area contributed by atoms with Crippen LogP contribution in [0, 0.1) is 0 Å². The summed E-state index contributed by atoms with van der Waals surface area (Å²) in [6.07, 6.45) is 2.03. The van der Waals surface area contributed by atoms with Crippen LogP contribution in [0.3, 0.4) is 0 Å². The Hall–Kier alpha value is -2.86. The molecule has 1 atom stereocenters. The molecule has 2 amide bonds. The summed E-state index contributed by atoms with van der Waals surface area (Å²) in [7, 11) is 1.62. The van der Waals surface area contributed by atoms with Crippen LogP contribution in [-0.4, -0.2) is 55.7 Å². The van der Waals surface area contributed by atoms with Gasteiger partial charge < -0.3 is 19.3 Å². The predicted molar refractivity (Wildman–Crippen MR) is 110 cm³/mol. The van der Waals surface area contributed by atoms with Gasteiger partial charge in [-0.25, -0.2) is 0 Å². The minimum Gasteiger partial charge on any atom is -0.497 e. The molecule has 2 heterocycles. The molecule has 2 aromatic rings. The van der Waals surface area contributed by atoms with E-state index in [1.165, 1.54) is 0 Å². The van der Waals surface area contributed by atoms with E-state index in [9.17, 15) is 9.59 Å². The number of hydrogen-bond acceptors (Lipinski definition) is 4. The van der Waals surface area contributed by atoms with Crippen molar-refractivity contribution in [3.05, 3.63) is 60.2 Å². The maximum Gasteiger partial charge on any atom is 0.253 e. The van der Waals surface area contributed by atoms with Gasteiger partial charge in [-0.2, -0.15) is 0 Å². The Balaban J connectivity index is 1.47. The summed E-state index contributed by atoms with van der Waals surface area (Å²) in [5.74, 6) is 0.781. The summed E-state index contributed by atoms with van der Waals surface area (Å²) in [6, 6.07) is 17.3. The molecule has 6 nitrogen and oxygen atoms in total. The molecule has 0 aromatic heterocycles. The third kappa shape index (κ3) is 4.27. The first-order valence-corrected chi connectivity index (χ1v) is 9.99. The molecule has 0 N–H and O–H groups in total. The summed E-state index contributed by atoms with van der Waals surface area (Å²) in [4.78, 5) is 29.1. The van der Waals surface area contributed by atoms with E-state index >= 15 is 0 Å². The van der Waals surface area contributed by atoms with Gasteiger partial charge in [0, 0.05) is 12.2 Å². The first-order valence-electron chi connectivity index (χ1n) is 9.99. The minimum atomic E-state index is -0.508. The second kappa shape index (κ2) is 8.25. The Morgan fingerprint density at radius 1 is 1.14 bits per heavy atom. The standard InChI is InChI=1S/C23H26N2O4/c1-28-20-10-5-7-18(13-20)14-21(26)24-12-6-11-23(16-24)17-25(22(27)15-29-23)19-8-3-2-4-9-19/h2-5,7-10,13H,6,11-12,14-17H2,1H3. The van der Waals surface area contributed by atoms with E-state index in [4.69, 9.17) is 9.47 Å². The predicted octanol–water partition coefficient (Wildman–Crippen LogP) is 2.66. The molecule has 6 heteroatoms. The number of ether oxygens (including phenoxy) is 2. The van der Waals surface area contributed by atoms with Crippen LogP contribution >= 0.6 is 0 Å². The van der Waals surface area contributed by atoms with E-state index in [0.29, 0.717) is 26.1 Å². The summed E-state index contributed by atoms with van der Waals surface area (Å²) < 4.78 is 11.3. The Morgan fingerprint density at radius 3 is 2.76 bits per heavy atom. The number of carbonyl (C=O) groups excluding carboxylic acids is 2. The van der Waals surface area contributed by atoms with Crippen molar-refractivity contribution in [2.45, 2.75) is 24.9 Å². The largest absolute Gasteiger partial charge is 0.497 e. The molecule has 1 unspecified atom stereocenters. The SMILES string of the molecule is COc1cccc(CC(=O)N2CCCC3(C2)CN(c2ccccc2)C(=O)CO3)c1. The summed E-state index contributed by atoms with van der Waals surface area (Å²) in [6.45, 7) is 1.74. The van der Waals surface area contributed by atoms with Crippen LogP contribution in [-0.2, 0) is 20.7 Å². The van der Waals surface area contributed by atoms with Crippen LogP contribution in [0.25, 0.3) is 0 Å². The van der Waals surface area contributed by atoms with Crippen molar-refractivity contribution in [3.8, 4) is 5.75 Å². The van der Waals surface area contributed by atoms with E-state index in [-0.39, 0.29) is 18.4 Å². The van der Waals surface area contributed by atoms with Crippen LogP contribution in [0.15, 0.2) is 54.6 Å². The van der Waals surface area contributed by atoms with Crippen LogP contribution in [0.5, 0.6) is 5.75 Å². The van der Waals surface area contributed by atoms with Crippen molar-refractivity contribution in [2.24, 2.45) is 0 Å². The molecule has 152 valence electrons. The molecule has 0 radical (unpaired) electrons. The highest BCUT2D eigenvalue weighted by molar-refractivity contribution is 5.95. The number of likely N-dealkylation sites (tertiary alicyclic amines) is 1. The molecule has 2 aromatic carbocycles. The molecular weight excluding hydrogens is 368 g/mol. The van der Waals surface area contributed by atoms with E-state index in [0.717, 1.165) is 29.8 Å². The molecular formula is C23H26N2O4. The lowest BCUT2D eigenvalue weighted by Crippen LogP contribution is -2.62. The fourth-order valence-electron chi connectivity index (χ4n) is 4.18. The van der Waals surface area contributed by atoms with Gasteiger partial charge in [0.25, 0.3) is 5.91 Å². The Bertz CT molecular complexity index is 885. The monoisotopic (exact) mass is 394 g/mol. The Morgan fingerprint density at radius 2 is 1.97 bits per heavy atom. The van der Waals surface area contributed by atoms with Gasteiger partial charge in [0.2, 0.25) is 5.91 Å². The number of rotatable bonds is 4. The third-order valence-electron chi connectivity index (χ3n) is 5.70. The first-order chi connectivity index (χ1) is 14.1. The van der Waals surface area contributed by atoms with Gasteiger partial charge in [0.15, 0.2) is 0 Å². The van der Waals surface area contributed by atoms with E-state index in [1.54, 1.807) is 12.0 Å². The van der Waals surface area contributed by atoms with Gasteiger partial charge in [-0.3, -0.25) is 9.59 Å². The lowest BCUT2D eigenvalue weighted by Gasteiger charge is -2.47. The van der Waals surface area contributed by atoms with Crippen LogP contribution in [0.4, 0.5) is 5.69 Å². The molecule has 29 heavy (non-hydrogen) atoms. The number of nitrogens with zero attached hydrogens (tertiary/aromatic N) is 2. The average molecular weight is 394 g/mol. The van der Waals surface area contributed by atoms with Gasteiger partial charge >= 0.3 is 0 Å². The van der Waals surface area contributed by atoms with Crippen molar-refractivity contribution in [2.75, 3.05) is 38.3 Å². The molecule has 2 aliphatic heterocycles. The molecule has 4 rings (SSSR count). The molecule has 0 aliphatic carbocycles. The number of morpholine rings is 1. The summed E-state index contributed by atoms with van der Waals surface area (Å²) >= 11 is 0. The zero-order valence-corrected chi connectivity index (χ0v) is 16.7. The number of methoxy groups -OCH3 is 1. The number of amides is 2. The molecule has 2 fully saturated rings. The number of benzene rings is 2. The van der Waals surface area contributed by atoms with Gasteiger partial charge in [0.1, 0.15) is 18.0 Å².